The minimum atomic E-state index is -0.470. The summed E-state index contributed by atoms with van der Waals surface area (Å²) in [5.74, 6) is 1.32. The number of rotatable bonds is 9. The Morgan fingerprint density at radius 1 is 1.23 bits per heavy atom. The summed E-state index contributed by atoms with van der Waals surface area (Å²) < 4.78 is 11.8. The Hall–Kier alpha value is -3.13. The van der Waals surface area contributed by atoms with E-state index in [-0.39, 0.29) is 24.1 Å². The van der Waals surface area contributed by atoms with Crippen LogP contribution >= 0.6 is 0 Å². The molecule has 0 saturated carbocycles. The van der Waals surface area contributed by atoms with Gasteiger partial charge in [-0.25, -0.2) is 0 Å². The zero-order valence-corrected chi connectivity index (χ0v) is 17.3. The summed E-state index contributed by atoms with van der Waals surface area (Å²) in [6, 6.07) is 12.0. The van der Waals surface area contributed by atoms with Crippen LogP contribution in [0, 0.1) is 17.0 Å². The molecule has 1 heterocycles. The van der Waals surface area contributed by atoms with E-state index in [1.165, 1.54) is 12.1 Å². The molecule has 1 N–H and O–H groups in total. The Balaban J connectivity index is 1.54. The summed E-state index contributed by atoms with van der Waals surface area (Å²) in [6.07, 6.45) is 1.13. The van der Waals surface area contributed by atoms with E-state index in [9.17, 15) is 14.9 Å². The monoisotopic (exact) mass is 413 g/mol. The molecule has 0 aromatic heterocycles. The van der Waals surface area contributed by atoms with E-state index in [2.05, 4.69) is 17.1 Å². The molecule has 1 aliphatic heterocycles. The largest absolute Gasteiger partial charge is 0.486 e. The molecule has 1 amide bonds. The fourth-order valence-electron chi connectivity index (χ4n) is 3.38. The van der Waals surface area contributed by atoms with Crippen molar-refractivity contribution in [3.63, 3.8) is 0 Å². The summed E-state index contributed by atoms with van der Waals surface area (Å²) in [5.41, 5.74) is 1.21. The quantitative estimate of drug-likeness (QED) is 0.497. The van der Waals surface area contributed by atoms with Gasteiger partial charge in [0.15, 0.2) is 11.5 Å². The first-order chi connectivity index (χ1) is 14.5. The van der Waals surface area contributed by atoms with E-state index in [4.69, 9.17) is 9.47 Å². The molecule has 0 saturated heterocycles. The number of carbonyl (C=O) groups is 1. The van der Waals surface area contributed by atoms with Gasteiger partial charge in [0, 0.05) is 31.6 Å². The zero-order valence-electron chi connectivity index (χ0n) is 17.3. The van der Waals surface area contributed by atoms with Crippen LogP contribution < -0.4 is 14.8 Å². The predicted octanol–water partition coefficient (Wildman–Crippen LogP) is 3.78. The molecule has 2 aromatic rings. The molecule has 160 valence electrons. The van der Waals surface area contributed by atoms with Gasteiger partial charge in [-0.1, -0.05) is 25.1 Å². The van der Waals surface area contributed by atoms with Gasteiger partial charge in [0.25, 0.3) is 5.69 Å². The molecule has 0 aliphatic carbocycles. The van der Waals surface area contributed by atoms with E-state index < -0.39 is 4.92 Å². The second kappa shape index (κ2) is 10.1. The highest BCUT2D eigenvalue weighted by molar-refractivity contribution is 5.92. The van der Waals surface area contributed by atoms with Gasteiger partial charge in [-0.3, -0.25) is 19.8 Å². The highest BCUT2D eigenvalue weighted by Crippen LogP contribution is 2.31. The second-order valence-electron chi connectivity index (χ2n) is 7.35. The number of fused-ring (bicyclic) bond motifs is 1. The molecule has 1 aliphatic rings. The summed E-state index contributed by atoms with van der Waals surface area (Å²) in [6.45, 7) is 6.43. The van der Waals surface area contributed by atoms with Crippen LogP contribution in [0.15, 0.2) is 42.5 Å². The van der Waals surface area contributed by atoms with Crippen molar-refractivity contribution >= 4 is 17.3 Å². The van der Waals surface area contributed by atoms with Gasteiger partial charge < -0.3 is 14.8 Å². The summed E-state index contributed by atoms with van der Waals surface area (Å²) >= 11 is 0. The van der Waals surface area contributed by atoms with Gasteiger partial charge in [-0.2, -0.15) is 0 Å². The molecule has 1 unspecified atom stereocenters. The van der Waals surface area contributed by atoms with Crippen LogP contribution in [-0.2, 0) is 4.79 Å². The van der Waals surface area contributed by atoms with E-state index >= 15 is 0 Å². The molecule has 0 spiro atoms. The Morgan fingerprint density at radius 2 is 2.00 bits per heavy atom. The van der Waals surface area contributed by atoms with Gasteiger partial charge in [0.1, 0.15) is 12.7 Å². The highest BCUT2D eigenvalue weighted by Gasteiger charge is 2.23. The van der Waals surface area contributed by atoms with Crippen molar-refractivity contribution in [3.05, 3.63) is 58.1 Å². The van der Waals surface area contributed by atoms with E-state index in [1.807, 2.05) is 24.3 Å². The average Bonchev–Trinajstić information content (AvgIpc) is 2.73. The van der Waals surface area contributed by atoms with E-state index in [0.717, 1.165) is 30.0 Å². The number of para-hydroxylation sites is 2. The van der Waals surface area contributed by atoms with Crippen LogP contribution in [0.25, 0.3) is 0 Å². The van der Waals surface area contributed by atoms with E-state index in [1.54, 1.807) is 13.0 Å². The number of nitro groups is 1. The van der Waals surface area contributed by atoms with Gasteiger partial charge in [0.05, 0.1) is 10.6 Å². The van der Waals surface area contributed by atoms with Gasteiger partial charge >= 0.3 is 0 Å². The normalized spacial score (nSPS) is 15.1. The van der Waals surface area contributed by atoms with Crippen LogP contribution in [-0.4, -0.2) is 48.1 Å². The third-order valence-electron chi connectivity index (χ3n) is 4.93. The van der Waals surface area contributed by atoms with Crippen LogP contribution in [0.1, 0.15) is 25.3 Å². The lowest BCUT2D eigenvalue weighted by molar-refractivity contribution is -0.384. The third-order valence-corrected chi connectivity index (χ3v) is 4.93. The second-order valence-corrected chi connectivity index (χ2v) is 7.35. The zero-order chi connectivity index (χ0) is 21.5. The maximum absolute atomic E-state index is 12.4. The number of non-ortho nitro benzene ring substituents is 1. The molecule has 8 nitrogen and oxygen atoms in total. The van der Waals surface area contributed by atoms with Crippen molar-refractivity contribution in [2.75, 3.05) is 31.6 Å². The molecule has 2 aromatic carbocycles. The molecular formula is C22H27N3O5. The van der Waals surface area contributed by atoms with E-state index in [0.29, 0.717) is 25.4 Å². The van der Waals surface area contributed by atoms with Gasteiger partial charge in [-0.05, 0) is 37.6 Å². The minimum Gasteiger partial charge on any atom is -0.486 e. The molecule has 8 heteroatoms. The smallest absolute Gasteiger partial charge is 0.271 e. The maximum atomic E-state index is 12.4. The molecule has 1 atom stereocenters. The molecule has 30 heavy (non-hydrogen) atoms. The first-order valence-electron chi connectivity index (χ1n) is 10.1. The predicted molar refractivity (Wildman–Crippen MR) is 114 cm³/mol. The molecule has 0 radical (unpaired) electrons. The lowest BCUT2D eigenvalue weighted by Crippen LogP contribution is -2.42. The molecule has 3 rings (SSSR count). The number of carbonyl (C=O) groups excluding carboxylic acids is 1. The van der Waals surface area contributed by atoms with Crippen LogP contribution in [0.4, 0.5) is 11.4 Å². The van der Waals surface area contributed by atoms with Crippen molar-refractivity contribution in [1.29, 1.82) is 0 Å². The Morgan fingerprint density at radius 3 is 2.73 bits per heavy atom. The fraction of sp³-hybridized carbons (Fsp3) is 0.409. The Bertz CT molecular complexity index is 902. The standard InChI is InChI=1S/C22H27N3O5/c1-3-11-24(14-18-15-29-20-6-4-5-7-21(20)30-18)12-10-22(26)23-19-13-17(25(27)28)9-8-16(19)2/h4-9,13,18H,3,10-12,14-15H2,1-2H3,(H,23,26). The van der Waals surface area contributed by atoms with Crippen molar-refractivity contribution < 1.29 is 19.2 Å². The van der Waals surface area contributed by atoms with Gasteiger partial charge in [-0.15, -0.1) is 0 Å². The number of nitrogens with zero attached hydrogens (tertiary/aromatic N) is 2. The minimum absolute atomic E-state index is 0.0433. The SMILES string of the molecule is CCCN(CCC(=O)Nc1cc([N+](=O)[O-])ccc1C)CC1COc2ccccc2O1. The lowest BCUT2D eigenvalue weighted by atomic mass is 10.1. The summed E-state index contributed by atoms with van der Waals surface area (Å²) in [4.78, 5) is 25.1. The summed E-state index contributed by atoms with van der Waals surface area (Å²) in [5, 5.41) is 13.8. The van der Waals surface area contributed by atoms with Crippen molar-refractivity contribution in [3.8, 4) is 11.5 Å². The first kappa shape index (κ1) is 21.6. The third kappa shape index (κ3) is 5.70. The van der Waals surface area contributed by atoms with Gasteiger partial charge in [0.2, 0.25) is 5.91 Å². The fourth-order valence-corrected chi connectivity index (χ4v) is 3.38. The Labute approximate surface area is 175 Å². The number of amides is 1. The van der Waals surface area contributed by atoms with Crippen molar-refractivity contribution in [2.45, 2.75) is 32.8 Å². The number of nitrogens with one attached hydrogen (secondary N) is 1. The molecule has 0 fully saturated rings. The van der Waals surface area contributed by atoms with Crippen LogP contribution in [0.5, 0.6) is 11.5 Å². The number of anilines is 1. The van der Waals surface area contributed by atoms with Crippen molar-refractivity contribution in [2.24, 2.45) is 0 Å². The molecule has 0 bridgehead atoms. The number of aryl methyl sites for hydroxylation is 1. The van der Waals surface area contributed by atoms with Crippen LogP contribution in [0.2, 0.25) is 0 Å². The van der Waals surface area contributed by atoms with Crippen molar-refractivity contribution in [1.82, 2.24) is 4.90 Å². The number of ether oxygens (including phenoxy) is 2. The number of hydrogen-bond donors (Lipinski definition) is 1. The topological polar surface area (TPSA) is 93.9 Å². The number of nitro benzene ring substituents is 1. The first-order valence-corrected chi connectivity index (χ1v) is 10.1. The Kier molecular flexibility index (Phi) is 7.24. The lowest BCUT2D eigenvalue weighted by Gasteiger charge is -2.31. The summed E-state index contributed by atoms with van der Waals surface area (Å²) in [7, 11) is 0. The number of benzene rings is 2. The maximum Gasteiger partial charge on any atom is 0.271 e. The molecular weight excluding hydrogens is 386 g/mol. The average molecular weight is 413 g/mol. The van der Waals surface area contributed by atoms with Crippen LogP contribution in [0.3, 0.4) is 0 Å². The number of hydrogen-bond acceptors (Lipinski definition) is 6. The highest BCUT2D eigenvalue weighted by atomic mass is 16.6.